The molecule has 5 nitrogen and oxygen atoms in total. The zero-order valence-electron chi connectivity index (χ0n) is 9.99. The zero-order chi connectivity index (χ0) is 12.5. The molecule has 18 heavy (non-hydrogen) atoms. The largest absolute Gasteiger partial charge is 0.394 e. The van der Waals surface area contributed by atoms with E-state index in [9.17, 15) is 9.90 Å². The van der Waals surface area contributed by atoms with E-state index in [0.29, 0.717) is 11.5 Å². The number of imidazole rings is 1. The van der Waals surface area contributed by atoms with Gasteiger partial charge in [-0.1, -0.05) is 6.07 Å². The summed E-state index contributed by atoms with van der Waals surface area (Å²) in [5.74, 6) is 0.688. The number of anilines is 1. The molecule has 1 aliphatic rings. The van der Waals surface area contributed by atoms with Crippen LogP contribution in [-0.2, 0) is 0 Å². The molecular formula is C13H15N3O2. The minimum atomic E-state index is 0.0774. The monoisotopic (exact) mass is 245 g/mol. The fourth-order valence-corrected chi connectivity index (χ4v) is 2.63. The van der Waals surface area contributed by atoms with E-state index >= 15 is 0 Å². The van der Waals surface area contributed by atoms with Crippen LogP contribution in [0.3, 0.4) is 0 Å². The standard InChI is InChI=1S/C13H15N3O2/c17-8-10-4-3-7-15(10)13-11(9-18)16-6-2-1-5-12(16)14-13/h1-2,5-6,9-10,17H,3-4,7-8H2. The van der Waals surface area contributed by atoms with E-state index in [-0.39, 0.29) is 12.6 Å². The number of carbonyl (C=O) groups excluding carboxylic acids is 1. The van der Waals surface area contributed by atoms with Gasteiger partial charge in [-0.15, -0.1) is 0 Å². The van der Waals surface area contributed by atoms with Crippen LogP contribution in [0.1, 0.15) is 23.3 Å². The molecule has 5 heteroatoms. The molecule has 1 atom stereocenters. The van der Waals surface area contributed by atoms with Crippen molar-refractivity contribution in [1.82, 2.24) is 9.38 Å². The lowest BCUT2D eigenvalue weighted by Gasteiger charge is -2.23. The third-order valence-corrected chi connectivity index (χ3v) is 3.52. The quantitative estimate of drug-likeness (QED) is 0.823. The number of carbonyl (C=O) groups is 1. The van der Waals surface area contributed by atoms with Gasteiger partial charge in [0, 0.05) is 12.7 Å². The molecule has 0 radical (unpaired) electrons. The number of hydrogen-bond acceptors (Lipinski definition) is 4. The SMILES string of the molecule is O=Cc1c(N2CCCC2CO)nc2ccccn12. The third kappa shape index (κ3) is 1.59. The Morgan fingerprint density at radius 3 is 3.17 bits per heavy atom. The summed E-state index contributed by atoms with van der Waals surface area (Å²) >= 11 is 0. The first-order valence-electron chi connectivity index (χ1n) is 6.15. The highest BCUT2D eigenvalue weighted by Crippen LogP contribution is 2.27. The lowest BCUT2D eigenvalue weighted by Crippen LogP contribution is -2.33. The van der Waals surface area contributed by atoms with Crippen molar-refractivity contribution in [2.45, 2.75) is 18.9 Å². The van der Waals surface area contributed by atoms with Gasteiger partial charge < -0.3 is 10.0 Å². The van der Waals surface area contributed by atoms with E-state index in [4.69, 9.17) is 0 Å². The summed E-state index contributed by atoms with van der Waals surface area (Å²) in [7, 11) is 0. The Bertz CT molecular complexity index is 579. The maximum atomic E-state index is 11.3. The first-order chi connectivity index (χ1) is 8.85. The Labute approximate surface area is 105 Å². The van der Waals surface area contributed by atoms with Gasteiger partial charge in [-0.05, 0) is 25.0 Å². The molecule has 1 fully saturated rings. The van der Waals surface area contributed by atoms with Crippen molar-refractivity contribution in [3.8, 4) is 0 Å². The van der Waals surface area contributed by atoms with Gasteiger partial charge in [0.25, 0.3) is 0 Å². The minimum absolute atomic E-state index is 0.0774. The molecule has 1 aliphatic heterocycles. The van der Waals surface area contributed by atoms with Crippen LogP contribution in [0.5, 0.6) is 0 Å². The molecule has 94 valence electrons. The van der Waals surface area contributed by atoms with Crippen LogP contribution in [0.25, 0.3) is 5.65 Å². The van der Waals surface area contributed by atoms with E-state index in [1.807, 2.05) is 29.3 Å². The second-order valence-corrected chi connectivity index (χ2v) is 4.54. The van der Waals surface area contributed by atoms with E-state index in [0.717, 1.165) is 31.3 Å². The Hall–Kier alpha value is -1.88. The van der Waals surface area contributed by atoms with Crippen LogP contribution in [-0.4, -0.2) is 40.0 Å². The number of aromatic nitrogens is 2. The highest BCUT2D eigenvalue weighted by Gasteiger charge is 2.28. The number of aliphatic hydroxyl groups excluding tert-OH is 1. The highest BCUT2D eigenvalue weighted by molar-refractivity contribution is 5.83. The molecule has 0 spiro atoms. The Morgan fingerprint density at radius 1 is 1.50 bits per heavy atom. The van der Waals surface area contributed by atoms with Crippen LogP contribution >= 0.6 is 0 Å². The van der Waals surface area contributed by atoms with Gasteiger partial charge in [0.15, 0.2) is 12.1 Å². The number of rotatable bonds is 3. The first kappa shape index (κ1) is 11.2. The average molecular weight is 245 g/mol. The van der Waals surface area contributed by atoms with Gasteiger partial charge in [-0.3, -0.25) is 9.20 Å². The maximum Gasteiger partial charge on any atom is 0.170 e. The van der Waals surface area contributed by atoms with Crippen LogP contribution in [0.15, 0.2) is 24.4 Å². The molecule has 0 saturated carbocycles. The maximum absolute atomic E-state index is 11.3. The third-order valence-electron chi connectivity index (χ3n) is 3.52. The van der Waals surface area contributed by atoms with E-state index in [1.54, 1.807) is 4.40 Å². The zero-order valence-corrected chi connectivity index (χ0v) is 9.99. The highest BCUT2D eigenvalue weighted by atomic mass is 16.3. The van der Waals surface area contributed by atoms with Crippen molar-refractivity contribution in [3.63, 3.8) is 0 Å². The van der Waals surface area contributed by atoms with Gasteiger partial charge in [0.2, 0.25) is 0 Å². The van der Waals surface area contributed by atoms with Crippen LogP contribution in [0.4, 0.5) is 5.82 Å². The molecule has 1 N–H and O–H groups in total. The number of pyridine rings is 1. The lowest BCUT2D eigenvalue weighted by molar-refractivity contribution is 0.111. The number of hydrogen-bond donors (Lipinski definition) is 1. The number of aldehydes is 1. The number of nitrogens with zero attached hydrogens (tertiary/aromatic N) is 3. The fourth-order valence-electron chi connectivity index (χ4n) is 2.63. The van der Waals surface area contributed by atoms with Gasteiger partial charge in [0.05, 0.1) is 12.6 Å². The Morgan fingerprint density at radius 2 is 2.39 bits per heavy atom. The summed E-state index contributed by atoms with van der Waals surface area (Å²) in [6.45, 7) is 0.947. The summed E-state index contributed by atoms with van der Waals surface area (Å²) in [6, 6.07) is 5.72. The second kappa shape index (κ2) is 4.42. The lowest BCUT2D eigenvalue weighted by atomic mass is 10.2. The molecule has 3 rings (SSSR count). The van der Waals surface area contributed by atoms with Gasteiger partial charge in [-0.2, -0.15) is 0 Å². The summed E-state index contributed by atoms with van der Waals surface area (Å²) in [5, 5.41) is 9.37. The Balaban J connectivity index is 2.13. The first-order valence-corrected chi connectivity index (χ1v) is 6.15. The molecule has 0 amide bonds. The van der Waals surface area contributed by atoms with Crippen molar-refractivity contribution < 1.29 is 9.90 Å². The van der Waals surface area contributed by atoms with E-state index in [1.165, 1.54) is 0 Å². The summed E-state index contributed by atoms with van der Waals surface area (Å²) < 4.78 is 1.79. The van der Waals surface area contributed by atoms with Crippen LogP contribution in [0.2, 0.25) is 0 Å². The van der Waals surface area contributed by atoms with E-state index in [2.05, 4.69) is 4.98 Å². The van der Waals surface area contributed by atoms with Gasteiger partial charge in [-0.25, -0.2) is 4.98 Å². The van der Waals surface area contributed by atoms with Crippen molar-refractivity contribution in [3.05, 3.63) is 30.1 Å². The molecule has 0 aliphatic carbocycles. The smallest absolute Gasteiger partial charge is 0.170 e. The summed E-state index contributed by atoms with van der Waals surface area (Å²) in [6.07, 6.45) is 4.64. The van der Waals surface area contributed by atoms with Gasteiger partial charge >= 0.3 is 0 Å². The fraction of sp³-hybridized carbons (Fsp3) is 0.385. The topological polar surface area (TPSA) is 57.8 Å². The molecule has 0 aromatic carbocycles. The van der Waals surface area contributed by atoms with Crippen molar-refractivity contribution in [2.24, 2.45) is 0 Å². The number of fused-ring (bicyclic) bond motifs is 1. The van der Waals surface area contributed by atoms with E-state index < -0.39 is 0 Å². The van der Waals surface area contributed by atoms with Crippen molar-refractivity contribution >= 4 is 17.8 Å². The number of aliphatic hydroxyl groups is 1. The predicted molar refractivity (Wildman–Crippen MR) is 68.0 cm³/mol. The van der Waals surface area contributed by atoms with Crippen LogP contribution in [0, 0.1) is 0 Å². The molecule has 1 saturated heterocycles. The molecule has 0 bridgehead atoms. The molecular weight excluding hydrogens is 230 g/mol. The molecule has 3 heterocycles. The molecule has 1 unspecified atom stereocenters. The summed E-state index contributed by atoms with van der Waals surface area (Å²) in [5.41, 5.74) is 1.32. The minimum Gasteiger partial charge on any atom is -0.394 e. The van der Waals surface area contributed by atoms with Crippen molar-refractivity contribution in [2.75, 3.05) is 18.1 Å². The predicted octanol–water partition coefficient (Wildman–Crippen LogP) is 1.11. The Kier molecular flexibility index (Phi) is 2.76. The normalized spacial score (nSPS) is 19.6. The van der Waals surface area contributed by atoms with Crippen molar-refractivity contribution in [1.29, 1.82) is 0 Å². The molecule has 2 aromatic heterocycles. The second-order valence-electron chi connectivity index (χ2n) is 4.54. The average Bonchev–Trinajstić information content (AvgIpc) is 3.01. The van der Waals surface area contributed by atoms with Crippen LogP contribution < -0.4 is 4.90 Å². The van der Waals surface area contributed by atoms with Gasteiger partial charge in [0.1, 0.15) is 11.3 Å². The summed E-state index contributed by atoms with van der Waals surface area (Å²) in [4.78, 5) is 17.9. The molecule has 2 aromatic rings.